The minimum Gasteiger partial charge on any atom is -0.312 e. The maximum Gasteiger partial charge on any atom is 0.230 e. The van der Waals surface area contributed by atoms with Gasteiger partial charge >= 0.3 is 0 Å². The van der Waals surface area contributed by atoms with Gasteiger partial charge in [-0.05, 0) is 13.3 Å². The van der Waals surface area contributed by atoms with Crippen LogP contribution in [-0.2, 0) is 10.0 Å². The lowest BCUT2D eigenvalue weighted by Gasteiger charge is -2.32. The van der Waals surface area contributed by atoms with E-state index in [-0.39, 0.29) is 6.04 Å². The van der Waals surface area contributed by atoms with Crippen molar-refractivity contribution in [2.24, 2.45) is 0 Å². The summed E-state index contributed by atoms with van der Waals surface area (Å²) in [5.41, 5.74) is 0. The van der Waals surface area contributed by atoms with Gasteiger partial charge in [-0.15, -0.1) is 0 Å². The fraction of sp³-hybridized carbons (Fsp3) is 0.889. The molecule has 0 spiro atoms. The van der Waals surface area contributed by atoms with Crippen LogP contribution in [0.15, 0.2) is 0 Å². The van der Waals surface area contributed by atoms with E-state index in [0.717, 1.165) is 0 Å². The first-order valence-electron chi connectivity index (χ1n) is 5.14. The average molecular weight is 231 g/mol. The van der Waals surface area contributed by atoms with Crippen molar-refractivity contribution >= 4 is 10.0 Å². The Labute approximate surface area is 91.1 Å². The Bertz CT molecular complexity index is 347. The van der Waals surface area contributed by atoms with E-state index in [0.29, 0.717) is 26.1 Å². The molecule has 0 aromatic rings. The van der Waals surface area contributed by atoms with Crippen LogP contribution in [0.1, 0.15) is 20.3 Å². The zero-order valence-electron chi connectivity index (χ0n) is 9.10. The summed E-state index contributed by atoms with van der Waals surface area (Å²) in [6, 6.07) is 2.01. The smallest absolute Gasteiger partial charge is 0.230 e. The molecule has 0 amide bonds. The van der Waals surface area contributed by atoms with E-state index in [1.54, 1.807) is 6.92 Å². The molecule has 1 rings (SSSR count). The maximum atomic E-state index is 12.0. The van der Waals surface area contributed by atoms with Gasteiger partial charge in [0, 0.05) is 25.7 Å². The van der Waals surface area contributed by atoms with Crippen molar-refractivity contribution in [2.75, 3.05) is 19.6 Å². The number of nitrogens with one attached hydrogen (secondary N) is 1. The first kappa shape index (κ1) is 12.4. The van der Waals surface area contributed by atoms with Crippen LogP contribution in [-0.4, -0.2) is 43.6 Å². The monoisotopic (exact) mass is 231 g/mol. The van der Waals surface area contributed by atoms with E-state index in [2.05, 4.69) is 5.32 Å². The number of hydrogen-bond donors (Lipinski definition) is 1. The predicted octanol–water partition coefficient (Wildman–Crippen LogP) is -0.0879. The summed E-state index contributed by atoms with van der Waals surface area (Å²) < 4.78 is 25.4. The van der Waals surface area contributed by atoms with Crippen LogP contribution in [0.5, 0.6) is 0 Å². The van der Waals surface area contributed by atoms with Gasteiger partial charge in [0.25, 0.3) is 0 Å². The number of hydrogen-bond acceptors (Lipinski definition) is 4. The van der Waals surface area contributed by atoms with E-state index in [1.165, 1.54) is 4.31 Å². The van der Waals surface area contributed by atoms with Crippen LogP contribution in [0.3, 0.4) is 0 Å². The second kappa shape index (κ2) is 4.92. The van der Waals surface area contributed by atoms with Crippen molar-refractivity contribution in [3.8, 4) is 6.07 Å². The van der Waals surface area contributed by atoms with Crippen molar-refractivity contribution in [3.63, 3.8) is 0 Å². The number of piperazine rings is 1. The zero-order chi connectivity index (χ0) is 11.5. The molecule has 0 saturated carbocycles. The molecule has 0 bridgehead atoms. The van der Waals surface area contributed by atoms with Gasteiger partial charge in [0.15, 0.2) is 5.25 Å². The summed E-state index contributed by atoms with van der Waals surface area (Å²) in [6.45, 7) is 5.24. The normalized spacial score (nSPS) is 25.8. The molecule has 15 heavy (non-hydrogen) atoms. The second-order valence-corrected chi connectivity index (χ2v) is 5.90. The van der Waals surface area contributed by atoms with Crippen molar-refractivity contribution < 1.29 is 8.42 Å². The molecule has 5 nitrogen and oxygen atoms in total. The van der Waals surface area contributed by atoms with Gasteiger partial charge in [0.05, 0.1) is 6.07 Å². The van der Waals surface area contributed by atoms with Gasteiger partial charge < -0.3 is 5.32 Å². The molecule has 1 saturated heterocycles. The minimum atomic E-state index is -3.42. The van der Waals surface area contributed by atoms with E-state index in [4.69, 9.17) is 5.26 Å². The lowest BCUT2D eigenvalue weighted by molar-refractivity contribution is 0.308. The van der Waals surface area contributed by atoms with Crippen LogP contribution < -0.4 is 5.32 Å². The highest BCUT2D eigenvalue weighted by Gasteiger charge is 2.33. The SMILES string of the molecule is CCC(C#N)S(=O)(=O)N1CCN[C@H](C)C1. The number of sulfonamides is 1. The fourth-order valence-corrected chi connectivity index (χ4v) is 3.37. The summed E-state index contributed by atoms with van der Waals surface area (Å²) in [7, 11) is -3.42. The van der Waals surface area contributed by atoms with Crippen LogP contribution in [0.25, 0.3) is 0 Å². The lowest BCUT2D eigenvalue weighted by Crippen LogP contribution is -2.53. The Morgan fingerprint density at radius 2 is 2.33 bits per heavy atom. The van der Waals surface area contributed by atoms with Gasteiger partial charge in [-0.25, -0.2) is 8.42 Å². The quantitative estimate of drug-likeness (QED) is 0.737. The maximum absolute atomic E-state index is 12.0. The minimum absolute atomic E-state index is 0.157. The van der Waals surface area contributed by atoms with Crippen LogP contribution in [0.2, 0.25) is 0 Å². The number of rotatable bonds is 3. The fourth-order valence-electron chi connectivity index (χ4n) is 1.68. The summed E-state index contributed by atoms with van der Waals surface area (Å²) in [6.07, 6.45) is 0.344. The summed E-state index contributed by atoms with van der Waals surface area (Å²) in [5, 5.41) is 11.1. The van der Waals surface area contributed by atoms with Crippen molar-refractivity contribution in [2.45, 2.75) is 31.6 Å². The number of nitrogens with zero attached hydrogens (tertiary/aromatic N) is 2. The molecular formula is C9H17N3O2S. The molecule has 1 N–H and O–H groups in total. The molecule has 0 aromatic heterocycles. The summed E-state index contributed by atoms with van der Waals surface area (Å²) >= 11 is 0. The molecule has 1 heterocycles. The first-order chi connectivity index (χ1) is 7.02. The van der Waals surface area contributed by atoms with Crippen LogP contribution in [0, 0.1) is 11.3 Å². The molecule has 1 fully saturated rings. The first-order valence-corrected chi connectivity index (χ1v) is 6.64. The highest BCUT2D eigenvalue weighted by atomic mass is 32.2. The molecule has 86 valence electrons. The second-order valence-electron chi connectivity index (χ2n) is 3.78. The van der Waals surface area contributed by atoms with Gasteiger partial charge in [0.2, 0.25) is 10.0 Å². The van der Waals surface area contributed by atoms with Gasteiger partial charge in [-0.1, -0.05) is 6.92 Å². The Morgan fingerprint density at radius 3 is 2.80 bits per heavy atom. The topological polar surface area (TPSA) is 73.2 Å². The highest BCUT2D eigenvalue weighted by Crippen LogP contribution is 2.13. The van der Waals surface area contributed by atoms with Crippen molar-refractivity contribution in [1.29, 1.82) is 5.26 Å². The van der Waals surface area contributed by atoms with Gasteiger partial charge in [-0.2, -0.15) is 9.57 Å². The largest absolute Gasteiger partial charge is 0.312 e. The summed E-state index contributed by atoms with van der Waals surface area (Å²) in [5.74, 6) is 0. The van der Waals surface area contributed by atoms with Crippen LogP contribution >= 0.6 is 0 Å². The predicted molar refractivity (Wildman–Crippen MR) is 57.6 cm³/mol. The molecule has 1 aliphatic heterocycles. The van der Waals surface area contributed by atoms with Gasteiger partial charge in [-0.3, -0.25) is 0 Å². The molecule has 0 aliphatic carbocycles. The highest BCUT2D eigenvalue weighted by molar-refractivity contribution is 7.90. The van der Waals surface area contributed by atoms with E-state index < -0.39 is 15.3 Å². The standard InChI is InChI=1S/C9H17N3O2S/c1-3-9(6-10)15(13,14)12-5-4-11-8(2)7-12/h8-9,11H,3-5,7H2,1-2H3/t8-,9?/m1/s1. The van der Waals surface area contributed by atoms with E-state index in [1.807, 2.05) is 13.0 Å². The van der Waals surface area contributed by atoms with E-state index >= 15 is 0 Å². The van der Waals surface area contributed by atoms with Gasteiger partial charge in [0.1, 0.15) is 0 Å². The van der Waals surface area contributed by atoms with E-state index in [9.17, 15) is 8.42 Å². The lowest BCUT2D eigenvalue weighted by atomic mass is 10.3. The molecule has 0 radical (unpaired) electrons. The summed E-state index contributed by atoms with van der Waals surface area (Å²) in [4.78, 5) is 0. The molecule has 1 unspecified atom stereocenters. The average Bonchev–Trinajstić information content (AvgIpc) is 2.19. The Hall–Kier alpha value is -0.640. The Kier molecular flexibility index (Phi) is 4.08. The Morgan fingerprint density at radius 1 is 1.67 bits per heavy atom. The van der Waals surface area contributed by atoms with Crippen molar-refractivity contribution in [1.82, 2.24) is 9.62 Å². The third-order valence-electron chi connectivity index (χ3n) is 2.57. The third kappa shape index (κ3) is 2.68. The van der Waals surface area contributed by atoms with Crippen LogP contribution in [0.4, 0.5) is 0 Å². The number of nitriles is 1. The molecule has 1 aliphatic rings. The third-order valence-corrected chi connectivity index (χ3v) is 4.77. The van der Waals surface area contributed by atoms with Crippen molar-refractivity contribution in [3.05, 3.63) is 0 Å². The molecule has 2 atom stereocenters. The Balaban J connectivity index is 2.81. The molecule has 0 aromatic carbocycles. The molecular weight excluding hydrogens is 214 g/mol. The molecule has 6 heteroatoms. The zero-order valence-corrected chi connectivity index (χ0v) is 9.92.